The molecule has 0 aliphatic carbocycles. The highest BCUT2D eigenvalue weighted by atomic mass is 16.5. The van der Waals surface area contributed by atoms with E-state index >= 15 is 0 Å². The van der Waals surface area contributed by atoms with Crippen molar-refractivity contribution in [2.45, 2.75) is 39.7 Å². The van der Waals surface area contributed by atoms with Crippen LogP contribution in [0.15, 0.2) is 24.3 Å². The zero-order chi connectivity index (χ0) is 14.8. The summed E-state index contributed by atoms with van der Waals surface area (Å²) in [6.07, 6.45) is 1.58. The normalized spacial score (nSPS) is 11.9. The van der Waals surface area contributed by atoms with Crippen molar-refractivity contribution in [3.05, 3.63) is 29.8 Å². The standard InChI is InChI=1S/C16H25NO3/c1-4-11-17-15(16(18)19-5-2)10-12-20-14-8-6-13(3)7-9-14/h6-9,15,17H,4-5,10-12H2,1-3H3. The molecule has 4 nitrogen and oxygen atoms in total. The Bertz CT molecular complexity index is 389. The Morgan fingerprint density at radius 3 is 2.55 bits per heavy atom. The fourth-order valence-electron chi connectivity index (χ4n) is 1.79. The molecule has 0 radical (unpaired) electrons. The molecule has 0 aliphatic heterocycles. The first-order valence-electron chi connectivity index (χ1n) is 7.26. The van der Waals surface area contributed by atoms with Crippen LogP contribution < -0.4 is 10.1 Å². The lowest BCUT2D eigenvalue weighted by molar-refractivity contribution is -0.146. The number of carbonyl (C=O) groups excluding carboxylic acids is 1. The Morgan fingerprint density at radius 2 is 1.95 bits per heavy atom. The number of hydrogen-bond donors (Lipinski definition) is 1. The van der Waals surface area contributed by atoms with E-state index in [4.69, 9.17) is 9.47 Å². The molecule has 0 bridgehead atoms. The highest BCUT2D eigenvalue weighted by molar-refractivity contribution is 5.75. The van der Waals surface area contributed by atoms with Crippen LogP contribution in [0.2, 0.25) is 0 Å². The fourth-order valence-corrected chi connectivity index (χ4v) is 1.79. The molecule has 0 saturated carbocycles. The lowest BCUT2D eigenvalue weighted by atomic mass is 10.2. The molecule has 112 valence electrons. The van der Waals surface area contributed by atoms with E-state index in [2.05, 4.69) is 12.2 Å². The first-order chi connectivity index (χ1) is 9.67. The topological polar surface area (TPSA) is 47.6 Å². The third-order valence-corrected chi connectivity index (χ3v) is 2.91. The van der Waals surface area contributed by atoms with Crippen LogP contribution in [0.5, 0.6) is 5.75 Å². The molecular formula is C16H25NO3. The Hall–Kier alpha value is -1.55. The first-order valence-corrected chi connectivity index (χ1v) is 7.26. The zero-order valence-corrected chi connectivity index (χ0v) is 12.6. The molecule has 1 N–H and O–H groups in total. The van der Waals surface area contributed by atoms with Crippen LogP contribution in [0.25, 0.3) is 0 Å². The lowest BCUT2D eigenvalue weighted by Crippen LogP contribution is -2.39. The summed E-state index contributed by atoms with van der Waals surface area (Å²) in [6, 6.07) is 7.60. The van der Waals surface area contributed by atoms with E-state index < -0.39 is 0 Å². The average molecular weight is 279 g/mol. The molecular weight excluding hydrogens is 254 g/mol. The molecule has 0 amide bonds. The van der Waals surface area contributed by atoms with Crippen molar-refractivity contribution in [3.8, 4) is 5.75 Å². The van der Waals surface area contributed by atoms with Crippen molar-refractivity contribution in [1.82, 2.24) is 5.32 Å². The predicted molar refractivity (Wildman–Crippen MR) is 80.0 cm³/mol. The monoisotopic (exact) mass is 279 g/mol. The predicted octanol–water partition coefficient (Wildman–Crippen LogP) is 2.70. The van der Waals surface area contributed by atoms with E-state index in [-0.39, 0.29) is 12.0 Å². The molecule has 1 aromatic rings. The molecule has 1 aromatic carbocycles. The van der Waals surface area contributed by atoms with Gasteiger partial charge in [0.05, 0.1) is 13.2 Å². The fraction of sp³-hybridized carbons (Fsp3) is 0.562. The minimum atomic E-state index is -0.291. The van der Waals surface area contributed by atoms with Gasteiger partial charge in [-0.1, -0.05) is 24.6 Å². The van der Waals surface area contributed by atoms with E-state index in [1.54, 1.807) is 0 Å². The molecule has 1 unspecified atom stereocenters. The minimum absolute atomic E-state index is 0.201. The largest absolute Gasteiger partial charge is 0.494 e. The molecule has 1 atom stereocenters. The summed E-state index contributed by atoms with van der Waals surface area (Å²) in [5.41, 5.74) is 1.20. The first kappa shape index (κ1) is 16.5. The molecule has 0 spiro atoms. The molecule has 20 heavy (non-hydrogen) atoms. The van der Waals surface area contributed by atoms with Gasteiger partial charge in [0, 0.05) is 6.42 Å². The lowest BCUT2D eigenvalue weighted by Gasteiger charge is -2.17. The van der Waals surface area contributed by atoms with Crippen LogP contribution >= 0.6 is 0 Å². The molecule has 0 fully saturated rings. The third-order valence-electron chi connectivity index (χ3n) is 2.91. The van der Waals surface area contributed by atoms with Gasteiger partial charge in [-0.3, -0.25) is 4.79 Å². The van der Waals surface area contributed by atoms with Gasteiger partial charge in [0.25, 0.3) is 0 Å². The number of ether oxygens (including phenoxy) is 2. The summed E-state index contributed by atoms with van der Waals surface area (Å²) >= 11 is 0. The second-order valence-electron chi connectivity index (χ2n) is 4.71. The molecule has 1 rings (SSSR count). The second-order valence-corrected chi connectivity index (χ2v) is 4.71. The van der Waals surface area contributed by atoms with Gasteiger partial charge in [0.15, 0.2) is 0 Å². The Labute approximate surface area is 121 Å². The third kappa shape index (κ3) is 6.06. The summed E-state index contributed by atoms with van der Waals surface area (Å²) in [4.78, 5) is 11.8. The van der Waals surface area contributed by atoms with Gasteiger partial charge in [-0.2, -0.15) is 0 Å². The van der Waals surface area contributed by atoms with Crippen LogP contribution in [-0.2, 0) is 9.53 Å². The summed E-state index contributed by atoms with van der Waals surface area (Å²) in [7, 11) is 0. The van der Waals surface area contributed by atoms with E-state index in [0.29, 0.717) is 19.6 Å². The number of rotatable bonds is 9. The van der Waals surface area contributed by atoms with Gasteiger partial charge in [-0.15, -0.1) is 0 Å². The van der Waals surface area contributed by atoms with Crippen LogP contribution in [0.3, 0.4) is 0 Å². The number of carbonyl (C=O) groups is 1. The van der Waals surface area contributed by atoms with Crippen molar-refractivity contribution in [2.75, 3.05) is 19.8 Å². The second kappa shape index (κ2) is 9.37. The molecule has 0 aliphatic rings. The van der Waals surface area contributed by atoms with Crippen LogP contribution in [0, 0.1) is 6.92 Å². The van der Waals surface area contributed by atoms with E-state index in [1.807, 2.05) is 38.1 Å². The van der Waals surface area contributed by atoms with Crippen molar-refractivity contribution in [3.63, 3.8) is 0 Å². The number of hydrogen-bond acceptors (Lipinski definition) is 4. The maximum atomic E-state index is 11.8. The molecule has 0 saturated heterocycles. The van der Waals surface area contributed by atoms with Crippen molar-refractivity contribution < 1.29 is 14.3 Å². The van der Waals surface area contributed by atoms with Gasteiger partial charge in [-0.05, 0) is 38.9 Å². The van der Waals surface area contributed by atoms with Gasteiger partial charge < -0.3 is 14.8 Å². The van der Waals surface area contributed by atoms with Gasteiger partial charge in [-0.25, -0.2) is 0 Å². The summed E-state index contributed by atoms with van der Waals surface area (Å²) < 4.78 is 10.7. The number of benzene rings is 1. The van der Waals surface area contributed by atoms with Crippen LogP contribution in [0.4, 0.5) is 0 Å². The Balaban J connectivity index is 2.40. The Morgan fingerprint density at radius 1 is 1.25 bits per heavy atom. The average Bonchev–Trinajstić information content (AvgIpc) is 2.44. The smallest absolute Gasteiger partial charge is 0.323 e. The molecule has 0 aromatic heterocycles. The van der Waals surface area contributed by atoms with Crippen molar-refractivity contribution in [2.24, 2.45) is 0 Å². The van der Waals surface area contributed by atoms with E-state index in [0.717, 1.165) is 18.7 Å². The maximum Gasteiger partial charge on any atom is 0.323 e. The highest BCUT2D eigenvalue weighted by Crippen LogP contribution is 2.12. The summed E-state index contributed by atoms with van der Waals surface area (Å²) in [5, 5.41) is 3.19. The zero-order valence-electron chi connectivity index (χ0n) is 12.6. The van der Waals surface area contributed by atoms with Gasteiger partial charge in [0.2, 0.25) is 0 Å². The SMILES string of the molecule is CCCNC(CCOc1ccc(C)cc1)C(=O)OCC. The van der Waals surface area contributed by atoms with Gasteiger partial charge >= 0.3 is 5.97 Å². The highest BCUT2D eigenvalue weighted by Gasteiger charge is 2.18. The maximum absolute atomic E-state index is 11.8. The van der Waals surface area contributed by atoms with Gasteiger partial charge in [0.1, 0.15) is 11.8 Å². The molecule has 4 heteroatoms. The summed E-state index contributed by atoms with van der Waals surface area (Å²) in [5.74, 6) is 0.627. The van der Waals surface area contributed by atoms with Crippen LogP contribution in [0.1, 0.15) is 32.3 Å². The van der Waals surface area contributed by atoms with E-state index in [1.165, 1.54) is 5.56 Å². The quantitative estimate of drug-likeness (QED) is 0.706. The van der Waals surface area contributed by atoms with Crippen LogP contribution in [-0.4, -0.2) is 31.8 Å². The number of esters is 1. The number of nitrogens with one attached hydrogen (secondary N) is 1. The minimum Gasteiger partial charge on any atom is -0.494 e. The summed E-state index contributed by atoms with van der Waals surface area (Å²) in [6.45, 7) is 7.62. The van der Waals surface area contributed by atoms with Crippen molar-refractivity contribution >= 4 is 5.97 Å². The number of aryl methyl sites for hydroxylation is 1. The molecule has 0 heterocycles. The Kier molecular flexibility index (Phi) is 7.73. The van der Waals surface area contributed by atoms with Crippen molar-refractivity contribution in [1.29, 1.82) is 0 Å². The van der Waals surface area contributed by atoms with E-state index in [9.17, 15) is 4.79 Å².